The van der Waals surface area contributed by atoms with E-state index in [0.717, 1.165) is 5.56 Å². The molecule has 6 N–H and O–H groups in total. The van der Waals surface area contributed by atoms with Crippen LogP contribution in [0.3, 0.4) is 0 Å². The third kappa shape index (κ3) is 7.44. The Bertz CT molecular complexity index is 1400. The number of aromatic hydroxyl groups is 1. The highest BCUT2D eigenvalue weighted by Gasteiger charge is 2.53. The number of benzene rings is 2. The average Bonchev–Trinajstić information content (AvgIpc) is 3.66. The van der Waals surface area contributed by atoms with Crippen molar-refractivity contribution in [3.8, 4) is 11.5 Å². The van der Waals surface area contributed by atoms with E-state index in [4.69, 9.17) is 23.8 Å². The monoisotopic (exact) mass is 632 g/mol. The molecule has 13 nitrogen and oxygen atoms in total. The Morgan fingerprint density at radius 3 is 2.47 bits per heavy atom. The summed E-state index contributed by atoms with van der Waals surface area (Å²) in [6.45, 7) is 3.32. The van der Waals surface area contributed by atoms with Crippen molar-refractivity contribution < 1.29 is 58.5 Å². The third-order valence-electron chi connectivity index (χ3n) is 7.98. The maximum absolute atomic E-state index is 13.1. The molecule has 3 fully saturated rings. The van der Waals surface area contributed by atoms with Crippen molar-refractivity contribution >= 4 is 17.7 Å². The lowest BCUT2D eigenvalue weighted by Gasteiger charge is -2.41. The van der Waals surface area contributed by atoms with Gasteiger partial charge in [0.2, 0.25) is 12.2 Å². The molecule has 244 valence electrons. The molecule has 0 radical (unpaired) electrons. The Morgan fingerprint density at radius 2 is 1.78 bits per heavy atom. The van der Waals surface area contributed by atoms with Crippen molar-refractivity contribution in [3.05, 3.63) is 65.0 Å². The number of amides is 1. The zero-order chi connectivity index (χ0) is 32.2. The molecule has 14 heteroatoms. The number of hydrogen-bond donors (Lipinski definition) is 6. The van der Waals surface area contributed by atoms with Gasteiger partial charge in [0.15, 0.2) is 11.5 Å². The molecule has 2 aromatic carbocycles. The number of ether oxygens (including phenoxy) is 4. The minimum atomic E-state index is -1.48. The number of fused-ring (bicyclic) bond motifs is 1. The predicted octanol–water partition coefficient (Wildman–Crippen LogP) is 1.09. The summed E-state index contributed by atoms with van der Waals surface area (Å²) in [5, 5.41) is 59.2. The lowest BCUT2D eigenvalue weighted by atomic mass is 9.83. The highest BCUT2D eigenvalue weighted by Crippen LogP contribution is 2.33. The normalized spacial score (nSPS) is 31.8. The van der Waals surface area contributed by atoms with Crippen LogP contribution in [-0.2, 0) is 30.4 Å². The highest BCUT2D eigenvalue weighted by molar-refractivity contribution is 5.97. The number of phenols is 1. The van der Waals surface area contributed by atoms with E-state index in [-0.39, 0.29) is 42.7 Å². The van der Waals surface area contributed by atoms with Gasteiger partial charge in [-0.05, 0) is 54.8 Å². The van der Waals surface area contributed by atoms with Crippen molar-refractivity contribution in [1.29, 1.82) is 0 Å². The van der Waals surface area contributed by atoms with Gasteiger partial charge in [-0.1, -0.05) is 30.3 Å². The maximum atomic E-state index is 13.1. The summed E-state index contributed by atoms with van der Waals surface area (Å²) in [4.78, 5) is 18.3. The van der Waals surface area contributed by atoms with Gasteiger partial charge in [0.1, 0.15) is 55.8 Å². The third-order valence-corrected chi connectivity index (χ3v) is 7.98. The van der Waals surface area contributed by atoms with Gasteiger partial charge in [0.25, 0.3) is 0 Å². The van der Waals surface area contributed by atoms with Gasteiger partial charge < -0.3 is 54.6 Å². The lowest BCUT2D eigenvalue weighted by molar-refractivity contribution is -0.155. The summed E-state index contributed by atoms with van der Waals surface area (Å²) in [5.74, 6) is -1.12. The molecule has 5 rings (SSSR count). The first kappa shape index (κ1) is 32.8. The number of carbonyl (C=O) groups is 1. The molecule has 1 amide bonds. The Hall–Kier alpha value is -3.63. The van der Waals surface area contributed by atoms with Gasteiger partial charge in [-0.2, -0.15) is 0 Å². The van der Waals surface area contributed by atoms with E-state index in [9.17, 15) is 34.7 Å². The molecule has 2 aromatic rings. The minimum Gasteiger partial charge on any atom is -0.504 e. The number of rotatable bonds is 10. The summed E-state index contributed by atoms with van der Waals surface area (Å²) >= 11 is 0. The molecule has 0 spiro atoms. The van der Waals surface area contributed by atoms with Crippen LogP contribution in [0.2, 0.25) is 0 Å². The van der Waals surface area contributed by atoms with E-state index in [1.165, 1.54) is 37.3 Å². The Balaban J connectivity index is 1.17. The number of nitrogens with one attached hydrogen (secondary N) is 1. The molecular formula is C31H37FN2O11. The van der Waals surface area contributed by atoms with Crippen LogP contribution >= 0.6 is 0 Å². The SMILES string of the molecule is CCC(=NOCc1ccc(F)cc1)[C@H]1O[C@@H](Oc2ccc(C=C(C)C(=O)N[C@@H]3[C@H](O)[C@@H](O)[C@H]4OCO[C@H]4[C@@H]3O)cc2O)C[C@@H]1O. The first-order chi connectivity index (χ1) is 21.5. The van der Waals surface area contributed by atoms with Crippen LogP contribution in [0.1, 0.15) is 37.8 Å². The zero-order valence-electron chi connectivity index (χ0n) is 24.7. The van der Waals surface area contributed by atoms with E-state index >= 15 is 0 Å². The average molecular weight is 633 g/mol. The number of halogens is 1. The van der Waals surface area contributed by atoms with Gasteiger partial charge in [-0.25, -0.2) is 4.39 Å². The largest absolute Gasteiger partial charge is 0.504 e. The van der Waals surface area contributed by atoms with E-state index in [0.29, 0.717) is 17.7 Å². The molecule has 0 bridgehead atoms. The van der Waals surface area contributed by atoms with Gasteiger partial charge in [-0.3, -0.25) is 4.79 Å². The molecule has 9 atom stereocenters. The van der Waals surface area contributed by atoms with Crippen LogP contribution in [0.4, 0.5) is 4.39 Å². The molecule has 3 aliphatic rings. The maximum Gasteiger partial charge on any atom is 0.247 e. The van der Waals surface area contributed by atoms with Crippen LogP contribution in [-0.4, -0.2) is 99.0 Å². The first-order valence-electron chi connectivity index (χ1n) is 14.6. The predicted molar refractivity (Wildman–Crippen MR) is 155 cm³/mol. The highest BCUT2D eigenvalue weighted by atomic mass is 19.1. The zero-order valence-corrected chi connectivity index (χ0v) is 24.7. The molecule has 45 heavy (non-hydrogen) atoms. The van der Waals surface area contributed by atoms with Crippen molar-refractivity contribution in [2.24, 2.45) is 5.16 Å². The number of phenolic OH excluding ortho intramolecular Hbond substituents is 1. The number of aliphatic hydroxyl groups is 4. The second kappa shape index (κ2) is 14.2. The van der Waals surface area contributed by atoms with Crippen molar-refractivity contribution in [2.75, 3.05) is 6.79 Å². The van der Waals surface area contributed by atoms with Crippen LogP contribution in [0.25, 0.3) is 6.08 Å². The standard InChI is InChI=1S/C31H37FN2O11/c1-3-19(34-43-13-16-4-7-18(32)8-5-16)28-21(36)12-23(45-28)44-22-9-6-17(11-20(22)35)10-15(2)31(40)33-24-25(37)27(39)30-29(26(24)38)41-14-42-30/h4-11,21,23-30,35-39H,3,12-14H2,1-2H3,(H,33,40)/t21-,23+,24+,25-,26+,27+,28+,29-,30+/m0/s1. The van der Waals surface area contributed by atoms with E-state index in [1.54, 1.807) is 18.2 Å². The fourth-order valence-corrected chi connectivity index (χ4v) is 5.50. The molecule has 2 heterocycles. The first-order valence-corrected chi connectivity index (χ1v) is 14.6. The van der Waals surface area contributed by atoms with Crippen molar-refractivity contribution in [1.82, 2.24) is 5.32 Å². The molecule has 2 saturated heterocycles. The molecule has 2 aliphatic heterocycles. The second-order valence-corrected chi connectivity index (χ2v) is 11.1. The van der Waals surface area contributed by atoms with Gasteiger partial charge >= 0.3 is 0 Å². The summed E-state index contributed by atoms with van der Waals surface area (Å²) in [5.41, 5.74) is 1.83. The van der Waals surface area contributed by atoms with Crippen LogP contribution < -0.4 is 10.1 Å². The van der Waals surface area contributed by atoms with E-state index < -0.39 is 61.0 Å². The Kier molecular flexibility index (Phi) is 10.3. The summed E-state index contributed by atoms with van der Waals surface area (Å²) in [7, 11) is 0. The number of carbonyl (C=O) groups excluding carboxylic acids is 1. The number of oxime groups is 1. The summed E-state index contributed by atoms with van der Waals surface area (Å²) in [6.07, 6.45) is -6.55. The Labute approximate surface area is 258 Å². The quantitative estimate of drug-likeness (QED) is 0.125. The van der Waals surface area contributed by atoms with Crippen LogP contribution in [0.5, 0.6) is 11.5 Å². The molecule has 0 unspecified atom stereocenters. The minimum absolute atomic E-state index is 0.0884. The van der Waals surface area contributed by atoms with Gasteiger partial charge in [-0.15, -0.1) is 0 Å². The van der Waals surface area contributed by atoms with Crippen molar-refractivity contribution in [3.63, 3.8) is 0 Å². The molecular weight excluding hydrogens is 595 g/mol. The lowest BCUT2D eigenvalue weighted by Crippen LogP contribution is -2.67. The van der Waals surface area contributed by atoms with Crippen LogP contribution in [0, 0.1) is 5.82 Å². The number of hydrogen-bond acceptors (Lipinski definition) is 12. The fourth-order valence-electron chi connectivity index (χ4n) is 5.50. The van der Waals surface area contributed by atoms with Crippen LogP contribution in [0.15, 0.2) is 53.2 Å². The topological polar surface area (TPSA) is 189 Å². The molecule has 1 aliphatic carbocycles. The van der Waals surface area contributed by atoms with Gasteiger partial charge in [0, 0.05) is 12.0 Å². The molecule has 1 saturated carbocycles. The Morgan fingerprint density at radius 1 is 1.07 bits per heavy atom. The second-order valence-electron chi connectivity index (χ2n) is 11.1. The summed E-state index contributed by atoms with van der Waals surface area (Å²) in [6, 6.07) is 9.07. The van der Waals surface area contributed by atoms with E-state index in [2.05, 4.69) is 10.5 Å². The number of aliphatic hydroxyl groups excluding tert-OH is 4. The summed E-state index contributed by atoms with van der Waals surface area (Å²) < 4.78 is 35.3. The van der Waals surface area contributed by atoms with Crippen molar-refractivity contribution in [2.45, 2.75) is 88.4 Å². The smallest absolute Gasteiger partial charge is 0.247 e. The number of nitrogens with zero attached hydrogens (tertiary/aromatic N) is 1. The fraction of sp³-hybridized carbons (Fsp3) is 0.484. The van der Waals surface area contributed by atoms with E-state index in [1.807, 2.05) is 6.92 Å². The van der Waals surface area contributed by atoms with Gasteiger partial charge in [0.05, 0.1) is 17.9 Å². The molecule has 0 aromatic heterocycles.